The molecule has 0 aliphatic carbocycles. The minimum atomic E-state index is -0.781. The summed E-state index contributed by atoms with van der Waals surface area (Å²) in [5.74, 6) is 1.58. The van der Waals surface area contributed by atoms with Gasteiger partial charge in [-0.05, 0) is 57.5 Å². The van der Waals surface area contributed by atoms with Gasteiger partial charge in [0.15, 0.2) is 27.8 Å². The number of carbonyl (C=O) groups is 1. The van der Waals surface area contributed by atoms with Crippen molar-refractivity contribution in [3.63, 3.8) is 0 Å². The highest BCUT2D eigenvalue weighted by Gasteiger charge is 2.34. The van der Waals surface area contributed by atoms with Gasteiger partial charge in [-0.15, -0.1) is 0 Å². The van der Waals surface area contributed by atoms with Gasteiger partial charge in [-0.1, -0.05) is 29.5 Å². The zero-order chi connectivity index (χ0) is 28.3. The largest absolute Gasteiger partial charge is 0.493 e. The molecule has 0 saturated carbocycles. The Morgan fingerprint density at radius 2 is 1.82 bits per heavy atom. The van der Waals surface area contributed by atoms with Crippen molar-refractivity contribution < 1.29 is 28.5 Å². The third-order valence-corrected chi connectivity index (χ3v) is 7.09. The lowest BCUT2D eigenvalue weighted by atomic mass is 9.95. The van der Waals surface area contributed by atoms with E-state index in [2.05, 4.69) is 4.99 Å². The summed E-state index contributed by atoms with van der Waals surface area (Å²) >= 11 is 1.23. The van der Waals surface area contributed by atoms with Gasteiger partial charge in [-0.3, -0.25) is 9.36 Å². The molecule has 39 heavy (non-hydrogen) atoms. The summed E-state index contributed by atoms with van der Waals surface area (Å²) in [5, 5.41) is 0. The molecule has 0 spiro atoms. The predicted octanol–water partition coefficient (Wildman–Crippen LogP) is 3.61. The van der Waals surface area contributed by atoms with Crippen molar-refractivity contribution in [2.75, 3.05) is 27.9 Å². The van der Waals surface area contributed by atoms with Gasteiger partial charge in [0.05, 0.1) is 55.9 Å². The highest BCUT2D eigenvalue weighted by Crippen LogP contribution is 2.37. The SMILES string of the molecule is CCOC(=O)C1=C(C)N=c2s/c(=C/c3cccc(OC)c3OC)c(=O)n2[C@@H]1c1ccc(OC(C)C)c(OC)c1. The van der Waals surface area contributed by atoms with E-state index < -0.39 is 12.0 Å². The molecule has 0 amide bonds. The first-order valence-electron chi connectivity index (χ1n) is 12.5. The van der Waals surface area contributed by atoms with Gasteiger partial charge in [0.2, 0.25) is 0 Å². The number of aromatic nitrogens is 1. The maximum Gasteiger partial charge on any atom is 0.338 e. The number of rotatable bonds is 9. The van der Waals surface area contributed by atoms with E-state index in [0.717, 1.165) is 0 Å². The smallest absolute Gasteiger partial charge is 0.338 e. The molecule has 9 nitrogen and oxygen atoms in total. The van der Waals surface area contributed by atoms with Crippen LogP contribution in [0.3, 0.4) is 0 Å². The number of thiazole rings is 1. The van der Waals surface area contributed by atoms with E-state index in [-0.39, 0.29) is 23.8 Å². The Morgan fingerprint density at radius 1 is 1.08 bits per heavy atom. The Balaban J connectivity index is 1.96. The molecule has 0 saturated heterocycles. The second-order valence-electron chi connectivity index (χ2n) is 8.96. The molecular weight excluding hydrogens is 520 g/mol. The maximum absolute atomic E-state index is 13.9. The number of esters is 1. The molecule has 0 N–H and O–H groups in total. The van der Waals surface area contributed by atoms with Crippen molar-refractivity contribution in [3.05, 3.63) is 78.5 Å². The Hall–Kier alpha value is -4.05. The van der Waals surface area contributed by atoms with Crippen molar-refractivity contribution >= 4 is 23.4 Å². The molecule has 0 unspecified atom stereocenters. The molecule has 1 aromatic heterocycles. The van der Waals surface area contributed by atoms with E-state index in [1.165, 1.54) is 15.9 Å². The summed E-state index contributed by atoms with van der Waals surface area (Å²) in [4.78, 5) is 32.2. The molecule has 1 atom stereocenters. The van der Waals surface area contributed by atoms with Crippen LogP contribution in [0.25, 0.3) is 6.08 Å². The van der Waals surface area contributed by atoms with Gasteiger partial charge in [-0.2, -0.15) is 0 Å². The number of para-hydroxylation sites is 1. The second kappa shape index (κ2) is 11.8. The number of hydrogen-bond acceptors (Lipinski definition) is 9. The van der Waals surface area contributed by atoms with Crippen molar-refractivity contribution in [3.8, 4) is 23.0 Å². The number of fused-ring (bicyclic) bond motifs is 1. The average molecular weight is 553 g/mol. The van der Waals surface area contributed by atoms with E-state index in [1.807, 2.05) is 32.0 Å². The number of hydrogen-bond donors (Lipinski definition) is 0. The number of ether oxygens (including phenoxy) is 5. The van der Waals surface area contributed by atoms with Gasteiger partial charge in [0.1, 0.15) is 0 Å². The van der Waals surface area contributed by atoms with E-state index in [4.69, 9.17) is 23.7 Å². The molecule has 206 valence electrons. The molecule has 0 radical (unpaired) electrons. The molecule has 10 heteroatoms. The third kappa shape index (κ3) is 5.42. The van der Waals surface area contributed by atoms with Gasteiger partial charge in [0, 0.05) is 5.56 Å². The van der Waals surface area contributed by atoms with Crippen LogP contribution in [0.2, 0.25) is 0 Å². The first-order chi connectivity index (χ1) is 18.7. The topological polar surface area (TPSA) is 97.6 Å². The number of carbonyl (C=O) groups excluding carboxylic acids is 1. The Labute approximate surface area is 230 Å². The summed E-state index contributed by atoms with van der Waals surface area (Å²) in [6, 6.07) is 10.0. The fourth-order valence-electron chi connectivity index (χ4n) is 4.48. The van der Waals surface area contributed by atoms with Crippen molar-refractivity contribution in [1.82, 2.24) is 4.57 Å². The van der Waals surface area contributed by atoms with E-state index in [0.29, 0.717) is 49.2 Å². The monoisotopic (exact) mass is 552 g/mol. The molecule has 2 heterocycles. The highest BCUT2D eigenvalue weighted by molar-refractivity contribution is 7.07. The van der Waals surface area contributed by atoms with Crippen molar-refractivity contribution in [2.24, 2.45) is 4.99 Å². The molecule has 3 aromatic rings. The lowest BCUT2D eigenvalue weighted by Crippen LogP contribution is -2.40. The Kier molecular flexibility index (Phi) is 8.44. The molecular formula is C29H32N2O7S. The molecule has 2 aromatic carbocycles. The maximum atomic E-state index is 13.9. The quantitative estimate of drug-likeness (QED) is 0.374. The lowest BCUT2D eigenvalue weighted by Gasteiger charge is -2.25. The van der Waals surface area contributed by atoms with Crippen LogP contribution < -0.4 is 33.8 Å². The molecule has 1 aliphatic rings. The minimum Gasteiger partial charge on any atom is -0.493 e. The summed E-state index contributed by atoms with van der Waals surface area (Å²) in [6.07, 6.45) is 1.68. The number of nitrogens with zero attached hydrogens (tertiary/aromatic N) is 2. The molecule has 0 bridgehead atoms. The molecule has 1 aliphatic heterocycles. The minimum absolute atomic E-state index is 0.0618. The Morgan fingerprint density at radius 3 is 2.46 bits per heavy atom. The van der Waals surface area contributed by atoms with Gasteiger partial charge < -0.3 is 23.7 Å². The van der Waals surface area contributed by atoms with Crippen LogP contribution in [0.15, 0.2) is 57.5 Å². The number of benzene rings is 2. The number of allylic oxidation sites excluding steroid dienone is 1. The van der Waals surface area contributed by atoms with Crippen LogP contribution >= 0.6 is 11.3 Å². The Bertz CT molecular complexity index is 1600. The first-order valence-corrected chi connectivity index (χ1v) is 13.3. The van der Waals surface area contributed by atoms with Crippen LogP contribution in [0.1, 0.15) is 44.9 Å². The fraction of sp³-hybridized carbons (Fsp3) is 0.345. The van der Waals surface area contributed by atoms with E-state index in [9.17, 15) is 9.59 Å². The van der Waals surface area contributed by atoms with Gasteiger partial charge in [0.25, 0.3) is 5.56 Å². The first kappa shape index (κ1) is 28.0. The zero-order valence-electron chi connectivity index (χ0n) is 23.1. The summed E-state index contributed by atoms with van der Waals surface area (Å²) < 4.78 is 29.8. The highest BCUT2D eigenvalue weighted by atomic mass is 32.1. The standard InChI is InChI=1S/C29H32N2O7S/c1-8-37-28(33)24-17(4)30-29-31(25(24)18-12-13-20(38-16(2)3)22(14-18)35-6)27(32)23(39-29)15-19-10-9-11-21(34-5)26(19)36-7/h9-16,25H,8H2,1-7H3/b23-15+/t25-/m1/s1. The summed E-state index contributed by atoms with van der Waals surface area (Å²) in [5.41, 5.74) is 1.80. The van der Waals surface area contributed by atoms with Crippen molar-refractivity contribution in [1.29, 1.82) is 0 Å². The summed E-state index contributed by atoms with van der Waals surface area (Å²) in [6.45, 7) is 7.52. The van der Waals surface area contributed by atoms with Crippen LogP contribution in [0, 0.1) is 0 Å². The van der Waals surface area contributed by atoms with Gasteiger partial charge >= 0.3 is 5.97 Å². The van der Waals surface area contributed by atoms with Gasteiger partial charge in [-0.25, -0.2) is 9.79 Å². The summed E-state index contributed by atoms with van der Waals surface area (Å²) in [7, 11) is 4.65. The average Bonchev–Trinajstić information content (AvgIpc) is 3.21. The second-order valence-corrected chi connectivity index (χ2v) is 9.97. The van der Waals surface area contributed by atoms with E-state index >= 15 is 0 Å². The van der Waals surface area contributed by atoms with Crippen LogP contribution in [0.4, 0.5) is 0 Å². The third-order valence-electron chi connectivity index (χ3n) is 6.10. The zero-order valence-corrected chi connectivity index (χ0v) is 23.9. The van der Waals surface area contributed by atoms with Crippen molar-refractivity contribution in [2.45, 2.75) is 39.8 Å². The lowest BCUT2D eigenvalue weighted by molar-refractivity contribution is -0.139. The van der Waals surface area contributed by atoms with Crippen LogP contribution in [-0.2, 0) is 9.53 Å². The van der Waals surface area contributed by atoms with Crippen LogP contribution in [-0.4, -0.2) is 44.6 Å². The normalized spacial score (nSPS) is 15.1. The predicted molar refractivity (Wildman–Crippen MR) is 149 cm³/mol. The fourth-order valence-corrected chi connectivity index (χ4v) is 5.52. The molecule has 0 fully saturated rings. The number of methoxy groups -OCH3 is 3. The van der Waals surface area contributed by atoms with E-state index in [1.54, 1.807) is 59.5 Å². The van der Waals surface area contributed by atoms with Crippen LogP contribution in [0.5, 0.6) is 23.0 Å². The molecule has 4 rings (SSSR count).